The molecule has 0 aliphatic heterocycles. The average molecular weight is 207 g/mol. The molecule has 0 nitrogen and oxygen atoms in total. The van der Waals surface area contributed by atoms with Gasteiger partial charge in [-0.05, 0) is 0 Å². The molecule has 24 valence electrons. The summed E-state index contributed by atoms with van der Waals surface area (Å²) in [5, 5.41) is 0. The van der Waals surface area contributed by atoms with E-state index in [-0.39, 0.29) is 77.6 Å². The van der Waals surface area contributed by atoms with Crippen LogP contribution in [0.4, 0.5) is 0 Å². The van der Waals surface area contributed by atoms with Gasteiger partial charge in [0.15, 0.2) is 0 Å². The summed E-state index contributed by atoms with van der Waals surface area (Å²) >= 11 is 0. The molecule has 0 aromatic carbocycles. The maximum absolute atomic E-state index is 0. The van der Waals surface area contributed by atoms with Gasteiger partial charge in [0, 0.05) is 77.6 Å². The monoisotopic (exact) mass is 208 g/mol. The summed E-state index contributed by atoms with van der Waals surface area (Å²) in [4.78, 5) is 0. The van der Waals surface area contributed by atoms with Gasteiger partial charge in [0.05, 0.1) is 0 Å². The van der Waals surface area contributed by atoms with Gasteiger partial charge in [-0.2, -0.15) is 0 Å². The molecule has 0 atom stereocenters. The zero-order valence-electron chi connectivity index (χ0n) is 1.71. The van der Waals surface area contributed by atoms with E-state index in [1.807, 2.05) is 0 Å². The van der Waals surface area contributed by atoms with E-state index in [0.29, 0.717) is 0 Å². The molecule has 0 N–H and O–H groups in total. The van der Waals surface area contributed by atoms with Crippen LogP contribution in [-0.2, 0) is 77.6 Å². The van der Waals surface area contributed by atoms with Gasteiger partial charge in [0.2, 0.25) is 0 Å². The molecule has 0 aromatic rings. The quantitative estimate of drug-likeness (QED) is 0.490. The minimum absolute atomic E-state index is 0. The van der Waals surface area contributed by atoms with E-state index < -0.39 is 0 Å². The summed E-state index contributed by atoms with van der Waals surface area (Å²) in [7, 11) is 0. The second-order valence-corrected chi connectivity index (χ2v) is 0. The van der Waals surface area contributed by atoms with Crippen molar-refractivity contribution in [2.75, 3.05) is 0 Å². The summed E-state index contributed by atoms with van der Waals surface area (Å²) in [6.07, 6.45) is 0. The Morgan fingerprint density at radius 3 is 0.500 bits per heavy atom. The summed E-state index contributed by atoms with van der Waals surface area (Å²) in [5.41, 5.74) is 0. The summed E-state index contributed by atoms with van der Waals surface area (Å²) in [6.45, 7) is 0. The number of rotatable bonds is 0. The zero-order valence-corrected chi connectivity index (χ0v) is 7.04. The SMILES string of the molecule is [Fe].[Fe].[Ti].[Ti]. The van der Waals surface area contributed by atoms with E-state index in [9.17, 15) is 0 Å². The van der Waals surface area contributed by atoms with Gasteiger partial charge in [-0.3, -0.25) is 0 Å². The van der Waals surface area contributed by atoms with Crippen LogP contribution in [0.1, 0.15) is 0 Å². The fourth-order valence-electron chi connectivity index (χ4n) is 0. The Morgan fingerprint density at radius 2 is 0.500 bits per heavy atom. The van der Waals surface area contributed by atoms with Crippen LogP contribution in [0, 0.1) is 0 Å². The van der Waals surface area contributed by atoms with E-state index in [4.69, 9.17) is 0 Å². The van der Waals surface area contributed by atoms with Gasteiger partial charge < -0.3 is 0 Å². The smallest absolute Gasteiger partial charge is 0 e. The van der Waals surface area contributed by atoms with Crippen molar-refractivity contribution in [1.29, 1.82) is 0 Å². The molecular weight excluding hydrogens is 207 g/mol. The molecule has 0 saturated carbocycles. The Balaban J connectivity index is 0. The van der Waals surface area contributed by atoms with E-state index in [1.165, 1.54) is 0 Å². The molecule has 0 aliphatic carbocycles. The predicted molar refractivity (Wildman–Crippen MR) is 0 cm³/mol. The molecule has 0 spiro atoms. The van der Waals surface area contributed by atoms with E-state index in [1.54, 1.807) is 0 Å². The van der Waals surface area contributed by atoms with Crippen LogP contribution < -0.4 is 0 Å². The first-order valence-electron chi connectivity index (χ1n) is 0. The molecule has 0 unspecified atom stereocenters. The molecule has 0 aromatic heterocycles. The molecule has 0 aliphatic rings. The largest absolute Gasteiger partial charge is 0 e. The third kappa shape index (κ3) is 8.82. The van der Waals surface area contributed by atoms with Crippen molar-refractivity contribution in [2.45, 2.75) is 0 Å². The average Bonchev–Trinajstić information content (AvgIpc) is 0. The van der Waals surface area contributed by atoms with Crippen LogP contribution in [0.5, 0.6) is 0 Å². The van der Waals surface area contributed by atoms with Crippen LogP contribution in [0.2, 0.25) is 0 Å². The van der Waals surface area contributed by atoms with Gasteiger partial charge in [-0.1, -0.05) is 0 Å². The fraction of sp³-hybridized carbons (Fsp3) is 0. The Morgan fingerprint density at radius 1 is 0.500 bits per heavy atom. The Bertz CT molecular complexity index is 4.00. The van der Waals surface area contributed by atoms with E-state index >= 15 is 0 Å². The minimum Gasteiger partial charge on any atom is 0 e. The first-order valence-corrected chi connectivity index (χ1v) is 0. The summed E-state index contributed by atoms with van der Waals surface area (Å²) in [5.74, 6) is 0. The van der Waals surface area contributed by atoms with Crippen LogP contribution in [0.3, 0.4) is 0 Å². The minimum atomic E-state index is 0. The molecule has 0 amide bonds. The van der Waals surface area contributed by atoms with Crippen molar-refractivity contribution in [3.8, 4) is 0 Å². The maximum atomic E-state index is 0. The van der Waals surface area contributed by atoms with Crippen molar-refractivity contribution in [3.05, 3.63) is 0 Å². The van der Waals surface area contributed by atoms with Crippen LogP contribution in [0.25, 0.3) is 0 Å². The number of hydrogen-bond acceptors (Lipinski definition) is 0. The summed E-state index contributed by atoms with van der Waals surface area (Å²) in [6, 6.07) is 0. The third-order valence-corrected chi connectivity index (χ3v) is 0. The van der Waals surface area contributed by atoms with Gasteiger partial charge >= 0.3 is 0 Å². The van der Waals surface area contributed by atoms with Gasteiger partial charge in [-0.15, -0.1) is 0 Å². The topological polar surface area (TPSA) is 0 Å². The Kier molecular flexibility index (Phi) is 142. The first-order chi connectivity index (χ1) is 0. The van der Waals surface area contributed by atoms with Gasteiger partial charge in [0.25, 0.3) is 0 Å². The van der Waals surface area contributed by atoms with Gasteiger partial charge in [-0.25, -0.2) is 0 Å². The van der Waals surface area contributed by atoms with Crippen LogP contribution in [-0.4, -0.2) is 0 Å². The zero-order chi connectivity index (χ0) is 0. The predicted octanol–water partition coefficient (Wildman–Crippen LogP) is -0.0100. The summed E-state index contributed by atoms with van der Waals surface area (Å²) < 4.78 is 0. The van der Waals surface area contributed by atoms with E-state index in [0.717, 1.165) is 0 Å². The fourth-order valence-corrected chi connectivity index (χ4v) is 0. The molecule has 4 heteroatoms. The van der Waals surface area contributed by atoms with Gasteiger partial charge in [0.1, 0.15) is 0 Å². The molecule has 4 heavy (non-hydrogen) atoms. The molecule has 0 rings (SSSR count). The van der Waals surface area contributed by atoms with E-state index in [2.05, 4.69) is 0 Å². The molecule has 0 radical (unpaired) electrons. The second-order valence-electron chi connectivity index (χ2n) is 0. The van der Waals surface area contributed by atoms with Crippen LogP contribution in [0.15, 0.2) is 0 Å². The molecule has 0 fully saturated rings. The Labute approximate surface area is 76.6 Å². The Hall–Kier alpha value is 2.47. The number of hydrogen-bond donors (Lipinski definition) is 0. The van der Waals surface area contributed by atoms with Crippen molar-refractivity contribution in [1.82, 2.24) is 0 Å². The van der Waals surface area contributed by atoms with Crippen molar-refractivity contribution >= 4 is 0 Å². The van der Waals surface area contributed by atoms with Crippen molar-refractivity contribution in [3.63, 3.8) is 0 Å². The molecule has 0 bridgehead atoms. The maximum Gasteiger partial charge on any atom is 0 e. The van der Waals surface area contributed by atoms with Crippen molar-refractivity contribution in [2.24, 2.45) is 0 Å². The second kappa shape index (κ2) is 17.9. The normalized spacial score (nSPS) is 0. The molecular formula is Fe2Ti2. The standard InChI is InChI=1S/2Fe.2Ti. The van der Waals surface area contributed by atoms with Crippen molar-refractivity contribution < 1.29 is 77.6 Å². The third-order valence-electron chi connectivity index (χ3n) is 0. The van der Waals surface area contributed by atoms with Crippen LogP contribution >= 0.6 is 0 Å². The first kappa shape index (κ1) is 31.8. The molecule has 0 saturated heterocycles. The molecule has 0 heterocycles.